The average Bonchev–Trinajstić information content (AvgIpc) is 2.97. The number of hydrogen-bond donors (Lipinski definition) is 0. The van der Waals surface area contributed by atoms with E-state index in [0.29, 0.717) is 18.3 Å². The van der Waals surface area contributed by atoms with E-state index in [2.05, 4.69) is 48.9 Å². The van der Waals surface area contributed by atoms with E-state index in [1.54, 1.807) is 0 Å². The predicted molar refractivity (Wildman–Crippen MR) is 72.4 cm³/mol. The first-order valence-corrected chi connectivity index (χ1v) is 6.61. The van der Waals surface area contributed by atoms with Gasteiger partial charge in [0.1, 0.15) is 6.54 Å². The zero-order valence-electron chi connectivity index (χ0n) is 9.93. The monoisotopic (exact) mass is 305 g/mol. The van der Waals surface area contributed by atoms with Gasteiger partial charge in [0.2, 0.25) is 11.8 Å². The number of aromatic nitrogens is 3. The molecule has 0 unspecified atom stereocenters. The minimum Gasteiger partial charge on any atom is -0.423 e. The SMILES string of the molecule is CCc1nnc(Cn2ccc3ccc(Br)cc32)o1. The molecule has 92 valence electrons. The summed E-state index contributed by atoms with van der Waals surface area (Å²) in [5.41, 5.74) is 1.15. The summed E-state index contributed by atoms with van der Waals surface area (Å²) in [6.45, 7) is 2.60. The molecule has 1 aromatic carbocycles. The second-order valence-corrected chi connectivity index (χ2v) is 5.01. The molecule has 0 N–H and O–H groups in total. The Balaban J connectivity index is 1.96. The van der Waals surface area contributed by atoms with Crippen LogP contribution in [0.2, 0.25) is 0 Å². The predicted octanol–water partition coefficient (Wildman–Crippen LogP) is 3.40. The molecule has 2 aromatic heterocycles. The molecule has 3 aromatic rings. The molecule has 0 saturated heterocycles. The van der Waals surface area contributed by atoms with Gasteiger partial charge in [0.15, 0.2) is 0 Å². The van der Waals surface area contributed by atoms with Crippen molar-refractivity contribution in [3.05, 3.63) is 46.7 Å². The Kier molecular flexibility index (Phi) is 2.91. The minimum absolute atomic E-state index is 0.604. The van der Waals surface area contributed by atoms with Crippen molar-refractivity contribution in [2.24, 2.45) is 0 Å². The first-order valence-electron chi connectivity index (χ1n) is 5.82. The highest BCUT2D eigenvalue weighted by atomic mass is 79.9. The van der Waals surface area contributed by atoms with Gasteiger partial charge in [-0.1, -0.05) is 28.9 Å². The fourth-order valence-electron chi connectivity index (χ4n) is 1.94. The van der Waals surface area contributed by atoms with Crippen LogP contribution in [0.4, 0.5) is 0 Å². The van der Waals surface area contributed by atoms with Gasteiger partial charge in [-0.05, 0) is 23.6 Å². The number of rotatable bonds is 3. The summed E-state index contributed by atoms with van der Waals surface area (Å²) in [6.07, 6.45) is 2.80. The second kappa shape index (κ2) is 4.57. The number of nitrogens with zero attached hydrogens (tertiary/aromatic N) is 3. The van der Waals surface area contributed by atoms with E-state index >= 15 is 0 Å². The van der Waals surface area contributed by atoms with Gasteiger partial charge in [-0.2, -0.15) is 0 Å². The van der Waals surface area contributed by atoms with Crippen LogP contribution in [-0.2, 0) is 13.0 Å². The summed E-state index contributed by atoms with van der Waals surface area (Å²) in [7, 11) is 0. The molecule has 0 saturated carbocycles. The topological polar surface area (TPSA) is 43.9 Å². The van der Waals surface area contributed by atoms with Gasteiger partial charge in [0.05, 0.1) is 0 Å². The normalized spacial score (nSPS) is 11.2. The third-order valence-corrected chi connectivity index (χ3v) is 3.35. The zero-order valence-corrected chi connectivity index (χ0v) is 11.5. The van der Waals surface area contributed by atoms with Crippen LogP contribution in [0, 0.1) is 0 Å². The van der Waals surface area contributed by atoms with E-state index in [1.807, 2.05) is 19.2 Å². The minimum atomic E-state index is 0.604. The summed E-state index contributed by atoms with van der Waals surface area (Å²) in [5, 5.41) is 9.22. The van der Waals surface area contributed by atoms with Crippen LogP contribution in [0.5, 0.6) is 0 Å². The standard InChI is InChI=1S/C13H12BrN3O/c1-2-12-15-16-13(18-12)8-17-6-5-9-3-4-10(14)7-11(9)17/h3-7H,2,8H2,1H3. The molecule has 18 heavy (non-hydrogen) atoms. The van der Waals surface area contributed by atoms with E-state index in [1.165, 1.54) is 5.39 Å². The molecule has 2 heterocycles. The smallest absolute Gasteiger partial charge is 0.236 e. The van der Waals surface area contributed by atoms with Gasteiger partial charge in [0.25, 0.3) is 0 Å². The van der Waals surface area contributed by atoms with Crippen LogP contribution >= 0.6 is 15.9 Å². The molecule has 0 aliphatic heterocycles. The van der Waals surface area contributed by atoms with E-state index in [0.717, 1.165) is 16.4 Å². The summed E-state index contributed by atoms with van der Waals surface area (Å²) >= 11 is 3.49. The van der Waals surface area contributed by atoms with Crippen molar-refractivity contribution in [3.8, 4) is 0 Å². The Morgan fingerprint density at radius 1 is 1.22 bits per heavy atom. The Morgan fingerprint density at radius 3 is 2.83 bits per heavy atom. The average molecular weight is 306 g/mol. The van der Waals surface area contributed by atoms with Crippen LogP contribution in [0.15, 0.2) is 39.4 Å². The van der Waals surface area contributed by atoms with Crippen molar-refractivity contribution in [1.29, 1.82) is 0 Å². The highest BCUT2D eigenvalue weighted by Gasteiger charge is 2.07. The van der Waals surface area contributed by atoms with Crippen molar-refractivity contribution >= 4 is 26.8 Å². The van der Waals surface area contributed by atoms with Crippen LogP contribution in [0.1, 0.15) is 18.7 Å². The Labute approximate surface area is 113 Å². The fraction of sp³-hybridized carbons (Fsp3) is 0.231. The zero-order chi connectivity index (χ0) is 12.5. The van der Waals surface area contributed by atoms with Gasteiger partial charge >= 0.3 is 0 Å². The van der Waals surface area contributed by atoms with Gasteiger partial charge in [-0.3, -0.25) is 0 Å². The number of hydrogen-bond acceptors (Lipinski definition) is 3. The summed E-state index contributed by atoms with van der Waals surface area (Å²) in [6, 6.07) is 8.29. The van der Waals surface area contributed by atoms with Gasteiger partial charge < -0.3 is 8.98 Å². The first-order chi connectivity index (χ1) is 8.76. The lowest BCUT2D eigenvalue weighted by Gasteiger charge is -2.01. The van der Waals surface area contributed by atoms with Gasteiger partial charge in [-0.15, -0.1) is 10.2 Å². The molecule has 0 spiro atoms. The lowest BCUT2D eigenvalue weighted by atomic mass is 10.2. The van der Waals surface area contributed by atoms with Gasteiger partial charge in [0, 0.05) is 22.6 Å². The summed E-state index contributed by atoms with van der Waals surface area (Å²) in [5.74, 6) is 1.33. The van der Waals surface area contributed by atoms with Crippen molar-refractivity contribution in [2.45, 2.75) is 19.9 Å². The lowest BCUT2D eigenvalue weighted by molar-refractivity contribution is 0.444. The molecule has 0 radical (unpaired) electrons. The number of halogens is 1. The van der Waals surface area contributed by atoms with Crippen molar-refractivity contribution in [3.63, 3.8) is 0 Å². The molecular weight excluding hydrogens is 294 g/mol. The highest BCUT2D eigenvalue weighted by molar-refractivity contribution is 9.10. The third-order valence-electron chi connectivity index (χ3n) is 2.85. The number of benzene rings is 1. The van der Waals surface area contributed by atoms with Crippen LogP contribution < -0.4 is 0 Å². The van der Waals surface area contributed by atoms with Crippen LogP contribution in [0.25, 0.3) is 10.9 Å². The molecule has 0 atom stereocenters. The molecule has 4 nitrogen and oxygen atoms in total. The Bertz CT molecular complexity index is 686. The maximum absolute atomic E-state index is 5.53. The lowest BCUT2D eigenvalue weighted by Crippen LogP contribution is -1.98. The Morgan fingerprint density at radius 2 is 2.06 bits per heavy atom. The van der Waals surface area contributed by atoms with Crippen molar-refractivity contribution in [1.82, 2.24) is 14.8 Å². The molecule has 0 fully saturated rings. The molecule has 5 heteroatoms. The van der Waals surface area contributed by atoms with Crippen molar-refractivity contribution in [2.75, 3.05) is 0 Å². The highest BCUT2D eigenvalue weighted by Crippen LogP contribution is 2.21. The maximum atomic E-state index is 5.53. The Hall–Kier alpha value is -1.62. The maximum Gasteiger partial charge on any atom is 0.236 e. The largest absolute Gasteiger partial charge is 0.423 e. The second-order valence-electron chi connectivity index (χ2n) is 4.09. The van der Waals surface area contributed by atoms with Crippen LogP contribution in [0.3, 0.4) is 0 Å². The number of fused-ring (bicyclic) bond motifs is 1. The molecular formula is C13H12BrN3O. The van der Waals surface area contributed by atoms with E-state index in [-0.39, 0.29) is 0 Å². The van der Waals surface area contributed by atoms with E-state index in [4.69, 9.17) is 4.42 Å². The summed E-state index contributed by atoms with van der Waals surface area (Å²) < 4.78 is 8.70. The molecule has 0 bridgehead atoms. The van der Waals surface area contributed by atoms with Crippen molar-refractivity contribution < 1.29 is 4.42 Å². The van der Waals surface area contributed by atoms with E-state index < -0.39 is 0 Å². The van der Waals surface area contributed by atoms with E-state index in [9.17, 15) is 0 Å². The molecule has 0 aliphatic rings. The van der Waals surface area contributed by atoms with Gasteiger partial charge in [-0.25, -0.2) is 0 Å². The summed E-state index contributed by atoms with van der Waals surface area (Å²) in [4.78, 5) is 0. The fourth-order valence-corrected chi connectivity index (χ4v) is 2.28. The quantitative estimate of drug-likeness (QED) is 0.745. The molecule has 0 amide bonds. The first kappa shape index (κ1) is 11.5. The van der Waals surface area contributed by atoms with Crippen LogP contribution in [-0.4, -0.2) is 14.8 Å². The number of aryl methyl sites for hydroxylation is 1. The molecule has 0 aliphatic carbocycles. The third kappa shape index (κ3) is 2.06. The molecule has 3 rings (SSSR count).